The van der Waals surface area contributed by atoms with Crippen LogP contribution in [-0.4, -0.2) is 38.7 Å². The molecule has 1 aliphatic rings. The average molecular weight is 511 g/mol. The monoisotopic (exact) mass is 510 g/mol. The summed E-state index contributed by atoms with van der Waals surface area (Å²) in [7, 11) is 0. The van der Waals surface area contributed by atoms with Gasteiger partial charge in [0, 0.05) is 39.6 Å². The molecule has 1 aliphatic heterocycles. The molecular formula is C26H24ClFN4O2S. The summed E-state index contributed by atoms with van der Waals surface area (Å²) in [5, 5.41) is 11.4. The van der Waals surface area contributed by atoms with Gasteiger partial charge in [0.15, 0.2) is 0 Å². The highest BCUT2D eigenvalue weighted by molar-refractivity contribution is 7.09. The van der Waals surface area contributed by atoms with E-state index in [0.29, 0.717) is 22.0 Å². The van der Waals surface area contributed by atoms with E-state index >= 15 is 0 Å². The standard InChI is InChI=1S/C26H24ClFN4O2S/c1-15(8-17-6-4-3-5-7-17)23-30-31-24(34-23)18-9-19(11-20(27)10-18)26(33)32-13-21(28)12-22(32)25-29-16(2)14-35-25/h3-7,9-11,14-15,21-22H,8,12-13H2,1-2H3. The minimum absolute atomic E-state index is 0.0195. The molecule has 3 heterocycles. The van der Waals surface area contributed by atoms with E-state index in [1.165, 1.54) is 16.9 Å². The molecule has 1 saturated heterocycles. The summed E-state index contributed by atoms with van der Waals surface area (Å²) in [6, 6.07) is 14.6. The molecule has 0 aliphatic carbocycles. The van der Waals surface area contributed by atoms with E-state index in [1.54, 1.807) is 23.1 Å². The van der Waals surface area contributed by atoms with E-state index in [1.807, 2.05) is 37.4 Å². The Morgan fingerprint density at radius 1 is 1.26 bits per heavy atom. The molecule has 2 aromatic heterocycles. The van der Waals surface area contributed by atoms with Gasteiger partial charge in [-0.25, -0.2) is 9.37 Å². The van der Waals surface area contributed by atoms with Crippen molar-refractivity contribution in [3.63, 3.8) is 0 Å². The van der Waals surface area contributed by atoms with Crippen LogP contribution >= 0.6 is 22.9 Å². The van der Waals surface area contributed by atoms with Crippen molar-refractivity contribution in [3.8, 4) is 11.5 Å². The predicted molar refractivity (Wildman–Crippen MR) is 133 cm³/mol. The molecule has 5 rings (SSSR count). The van der Waals surface area contributed by atoms with Crippen molar-refractivity contribution in [2.24, 2.45) is 0 Å². The molecule has 1 amide bonds. The Balaban J connectivity index is 1.39. The Labute approximate surface area is 211 Å². The lowest BCUT2D eigenvalue weighted by atomic mass is 10.0. The van der Waals surface area contributed by atoms with Crippen molar-refractivity contribution in [1.29, 1.82) is 0 Å². The zero-order valence-corrected chi connectivity index (χ0v) is 20.9. The van der Waals surface area contributed by atoms with Crippen molar-refractivity contribution >= 4 is 28.8 Å². The molecule has 0 saturated carbocycles. The Morgan fingerprint density at radius 3 is 2.80 bits per heavy atom. The van der Waals surface area contributed by atoms with E-state index < -0.39 is 12.2 Å². The highest BCUT2D eigenvalue weighted by Crippen LogP contribution is 2.37. The van der Waals surface area contributed by atoms with Crippen LogP contribution in [0.2, 0.25) is 5.02 Å². The number of halogens is 2. The fourth-order valence-electron chi connectivity index (χ4n) is 4.38. The maximum atomic E-state index is 14.4. The first-order chi connectivity index (χ1) is 16.9. The van der Waals surface area contributed by atoms with Crippen molar-refractivity contribution in [2.75, 3.05) is 6.54 Å². The van der Waals surface area contributed by atoms with Crippen LogP contribution in [0.25, 0.3) is 11.5 Å². The Kier molecular flexibility index (Phi) is 6.67. The highest BCUT2D eigenvalue weighted by atomic mass is 35.5. The zero-order valence-electron chi connectivity index (χ0n) is 19.3. The van der Waals surface area contributed by atoms with Crippen molar-refractivity contribution in [1.82, 2.24) is 20.1 Å². The predicted octanol–water partition coefficient (Wildman–Crippen LogP) is 6.43. The number of likely N-dealkylation sites (tertiary alicyclic amines) is 1. The maximum absolute atomic E-state index is 14.4. The fraction of sp³-hybridized carbons (Fsp3) is 0.308. The van der Waals surface area contributed by atoms with Gasteiger partial charge < -0.3 is 9.32 Å². The molecule has 6 nitrogen and oxygen atoms in total. The van der Waals surface area contributed by atoms with Crippen molar-refractivity contribution in [2.45, 2.75) is 44.8 Å². The van der Waals surface area contributed by atoms with E-state index in [-0.39, 0.29) is 30.7 Å². The first-order valence-corrected chi connectivity index (χ1v) is 12.7. The first-order valence-electron chi connectivity index (χ1n) is 11.4. The number of amides is 1. The number of aryl methyl sites for hydroxylation is 1. The number of nitrogens with zero attached hydrogens (tertiary/aromatic N) is 4. The van der Waals surface area contributed by atoms with Crippen LogP contribution in [0.4, 0.5) is 4.39 Å². The second-order valence-corrected chi connectivity index (χ2v) is 10.2. The number of alkyl halides is 1. The van der Waals surface area contributed by atoms with E-state index in [4.69, 9.17) is 16.0 Å². The summed E-state index contributed by atoms with van der Waals surface area (Å²) >= 11 is 7.81. The van der Waals surface area contributed by atoms with Gasteiger partial charge in [-0.3, -0.25) is 4.79 Å². The number of rotatable bonds is 6. The van der Waals surface area contributed by atoms with Crippen LogP contribution in [0.15, 0.2) is 58.3 Å². The number of carbonyl (C=O) groups is 1. The number of hydrogen-bond acceptors (Lipinski definition) is 6. The molecule has 0 radical (unpaired) electrons. The van der Waals surface area contributed by atoms with Gasteiger partial charge in [-0.2, -0.15) is 0 Å². The van der Waals surface area contributed by atoms with Gasteiger partial charge in [-0.05, 0) is 37.1 Å². The minimum atomic E-state index is -1.10. The van der Waals surface area contributed by atoms with Gasteiger partial charge in [-0.1, -0.05) is 48.9 Å². The topological polar surface area (TPSA) is 72.1 Å². The molecule has 3 unspecified atom stereocenters. The normalized spacial score (nSPS) is 18.7. The molecular weight excluding hydrogens is 487 g/mol. The van der Waals surface area contributed by atoms with Gasteiger partial charge in [-0.15, -0.1) is 21.5 Å². The molecule has 0 N–H and O–H groups in total. The third-order valence-corrected chi connectivity index (χ3v) is 7.35. The summed E-state index contributed by atoms with van der Waals surface area (Å²) in [4.78, 5) is 19.5. The number of carbonyl (C=O) groups excluding carboxylic acids is 1. The third-order valence-electron chi connectivity index (χ3n) is 6.07. The summed E-state index contributed by atoms with van der Waals surface area (Å²) in [5.74, 6) is 0.514. The number of benzene rings is 2. The molecule has 0 bridgehead atoms. The Morgan fingerprint density at radius 2 is 2.06 bits per heavy atom. The molecule has 9 heteroatoms. The quantitative estimate of drug-likeness (QED) is 0.299. The van der Waals surface area contributed by atoms with E-state index in [2.05, 4.69) is 27.3 Å². The highest BCUT2D eigenvalue weighted by Gasteiger charge is 2.38. The smallest absolute Gasteiger partial charge is 0.254 e. The van der Waals surface area contributed by atoms with E-state index in [9.17, 15) is 9.18 Å². The zero-order chi connectivity index (χ0) is 24.5. The van der Waals surface area contributed by atoms with Crippen LogP contribution in [0.5, 0.6) is 0 Å². The van der Waals surface area contributed by atoms with Gasteiger partial charge >= 0.3 is 0 Å². The van der Waals surface area contributed by atoms with Gasteiger partial charge in [0.05, 0.1) is 12.6 Å². The van der Waals surface area contributed by atoms with Crippen LogP contribution in [-0.2, 0) is 6.42 Å². The molecule has 4 aromatic rings. The molecule has 3 atom stereocenters. The van der Waals surface area contributed by atoms with E-state index in [0.717, 1.165) is 17.1 Å². The van der Waals surface area contributed by atoms with Crippen LogP contribution in [0, 0.1) is 6.92 Å². The van der Waals surface area contributed by atoms with Crippen LogP contribution < -0.4 is 0 Å². The lowest BCUT2D eigenvalue weighted by Gasteiger charge is -2.23. The first kappa shape index (κ1) is 23.6. The lowest BCUT2D eigenvalue weighted by Crippen LogP contribution is -2.31. The summed E-state index contributed by atoms with van der Waals surface area (Å²) in [6.07, 6.45) is -0.103. The second-order valence-electron chi connectivity index (χ2n) is 8.90. The van der Waals surface area contributed by atoms with Crippen molar-refractivity contribution < 1.29 is 13.6 Å². The van der Waals surface area contributed by atoms with Crippen molar-refractivity contribution in [3.05, 3.63) is 86.7 Å². The second kappa shape index (κ2) is 9.87. The Bertz CT molecular complexity index is 1340. The van der Waals surface area contributed by atoms with Crippen LogP contribution in [0.3, 0.4) is 0 Å². The minimum Gasteiger partial charge on any atom is -0.420 e. The van der Waals surface area contributed by atoms with Crippen LogP contribution in [0.1, 0.15) is 57.8 Å². The molecule has 1 fully saturated rings. The van der Waals surface area contributed by atoms with Gasteiger partial charge in [0.25, 0.3) is 5.91 Å². The largest absolute Gasteiger partial charge is 0.420 e. The number of hydrogen-bond donors (Lipinski definition) is 0. The molecule has 35 heavy (non-hydrogen) atoms. The lowest BCUT2D eigenvalue weighted by molar-refractivity contribution is 0.0728. The fourth-order valence-corrected chi connectivity index (χ4v) is 5.53. The SMILES string of the molecule is Cc1csc(C2CC(F)CN2C(=O)c2cc(Cl)cc(-c3nnc(C(C)Cc4ccccc4)o3)c2)n1. The van der Waals surface area contributed by atoms with Gasteiger partial charge in [0.2, 0.25) is 11.8 Å². The number of aromatic nitrogens is 3. The van der Waals surface area contributed by atoms with Gasteiger partial charge in [0.1, 0.15) is 11.2 Å². The molecule has 180 valence electrons. The summed E-state index contributed by atoms with van der Waals surface area (Å²) < 4.78 is 20.3. The summed E-state index contributed by atoms with van der Waals surface area (Å²) in [6.45, 7) is 3.93. The number of thiazole rings is 1. The maximum Gasteiger partial charge on any atom is 0.254 e. The molecule has 0 spiro atoms. The average Bonchev–Trinajstić information content (AvgIpc) is 3.58. The third kappa shape index (κ3) is 5.13. The Hall–Kier alpha value is -3.10. The molecule has 2 aromatic carbocycles. The summed E-state index contributed by atoms with van der Waals surface area (Å²) in [5.41, 5.74) is 2.93.